The maximum Gasteiger partial charge on any atom is 0.305 e. The Hall–Kier alpha value is -4.60. The average molecular weight is 535 g/mol. The molecule has 0 saturated heterocycles. The number of aliphatic carboxylic acids is 1. The molecule has 0 aliphatic carbocycles. The lowest BCUT2D eigenvalue weighted by Crippen LogP contribution is -1.99. The lowest BCUT2D eigenvalue weighted by atomic mass is 10.1. The monoisotopic (exact) mass is 534 g/mol. The van der Waals surface area contributed by atoms with E-state index < -0.39 is 5.97 Å². The third-order valence-corrected chi connectivity index (χ3v) is 5.86. The number of carbonyl (C=O) groups excluding carboxylic acids is 1. The van der Waals surface area contributed by atoms with Gasteiger partial charge in [0, 0.05) is 48.2 Å². The summed E-state index contributed by atoms with van der Waals surface area (Å²) in [6.45, 7) is 0. The molecule has 10 nitrogen and oxygen atoms in total. The van der Waals surface area contributed by atoms with Crippen LogP contribution in [0.5, 0.6) is 0 Å². The molecule has 0 radical (unpaired) electrons. The minimum Gasteiger partial charge on any atom is -0.481 e. The fourth-order valence-electron chi connectivity index (χ4n) is 3.76. The summed E-state index contributed by atoms with van der Waals surface area (Å²) in [5.74, 6) is 0.317. The molecule has 4 aromatic rings. The van der Waals surface area contributed by atoms with E-state index in [0.717, 1.165) is 36.1 Å². The van der Waals surface area contributed by atoms with E-state index in [9.17, 15) is 9.59 Å². The summed E-state index contributed by atoms with van der Waals surface area (Å²) in [7, 11) is 1.40. The predicted octanol–water partition coefficient (Wildman–Crippen LogP) is 5.53. The zero-order valence-corrected chi connectivity index (χ0v) is 22.0. The summed E-state index contributed by atoms with van der Waals surface area (Å²) in [6.07, 6.45) is 8.10. The van der Waals surface area contributed by atoms with Gasteiger partial charge in [-0.2, -0.15) is 0 Å². The van der Waals surface area contributed by atoms with Crippen LogP contribution in [0.1, 0.15) is 50.3 Å². The smallest absolute Gasteiger partial charge is 0.305 e. The molecular weight excluding hydrogens is 500 g/mol. The van der Waals surface area contributed by atoms with Gasteiger partial charge in [0.05, 0.1) is 7.11 Å². The number of aryl methyl sites for hydroxylation is 2. The molecule has 4 rings (SSSR count). The SMILES string of the molecule is COC(=O)CCCCc1nc(-c2ccccc2N)co1.Nc1ccccc1-c1coc(CCCCC(=O)O)n1. The van der Waals surface area contributed by atoms with Crippen LogP contribution in [0, 0.1) is 0 Å². The molecule has 0 aliphatic rings. The Morgan fingerprint density at radius 2 is 1.23 bits per heavy atom. The minimum absolute atomic E-state index is 0.180. The van der Waals surface area contributed by atoms with E-state index >= 15 is 0 Å². The third kappa shape index (κ3) is 9.33. The summed E-state index contributed by atoms with van der Waals surface area (Å²) in [5.41, 5.74) is 16.3. The van der Waals surface area contributed by atoms with Gasteiger partial charge >= 0.3 is 11.9 Å². The Bertz CT molecular complexity index is 1350. The van der Waals surface area contributed by atoms with Crippen LogP contribution in [-0.2, 0) is 27.2 Å². The Balaban J connectivity index is 0.000000216. The molecule has 0 bridgehead atoms. The van der Waals surface area contributed by atoms with Gasteiger partial charge in [0.1, 0.15) is 23.9 Å². The lowest BCUT2D eigenvalue weighted by Gasteiger charge is -1.99. The highest BCUT2D eigenvalue weighted by Gasteiger charge is 2.10. The predicted molar refractivity (Wildman–Crippen MR) is 147 cm³/mol. The first kappa shape index (κ1) is 29.0. The summed E-state index contributed by atoms with van der Waals surface area (Å²) in [6, 6.07) is 15.0. The van der Waals surface area contributed by atoms with Crippen molar-refractivity contribution in [1.29, 1.82) is 0 Å². The summed E-state index contributed by atoms with van der Waals surface area (Å²) >= 11 is 0. The van der Waals surface area contributed by atoms with Crippen molar-refractivity contribution in [3.8, 4) is 22.5 Å². The van der Waals surface area contributed by atoms with Crippen LogP contribution < -0.4 is 11.5 Å². The molecule has 2 aromatic heterocycles. The second-order valence-corrected chi connectivity index (χ2v) is 8.81. The molecule has 0 saturated carbocycles. The van der Waals surface area contributed by atoms with Crippen LogP contribution in [0.15, 0.2) is 69.9 Å². The number of carbonyl (C=O) groups is 2. The number of unbranched alkanes of at least 4 members (excludes halogenated alkanes) is 2. The molecular formula is C29H34N4O6. The molecule has 0 atom stereocenters. The molecule has 10 heteroatoms. The quantitative estimate of drug-likeness (QED) is 0.119. The van der Waals surface area contributed by atoms with Crippen LogP contribution in [0.4, 0.5) is 11.4 Å². The second-order valence-electron chi connectivity index (χ2n) is 8.81. The van der Waals surface area contributed by atoms with E-state index in [1.807, 2.05) is 48.5 Å². The van der Waals surface area contributed by atoms with Crippen LogP contribution in [0.3, 0.4) is 0 Å². The van der Waals surface area contributed by atoms with E-state index in [2.05, 4.69) is 14.7 Å². The Morgan fingerprint density at radius 3 is 1.67 bits per heavy atom. The molecule has 0 spiro atoms. The van der Waals surface area contributed by atoms with Crippen molar-refractivity contribution >= 4 is 23.3 Å². The minimum atomic E-state index is -0.773. The number of aromatic nitrogens is 2. The number of anilines is 2. The molecule has 5 N–H and O–H groups in total. The number of esters is 1. The highest BCUT2D eigenvalue weighted by Crippen LogP contribution is 2.26. The van der Waals surface area contributed by atoms with Crippen molar-refractivity contribution in [2.45, 2.75) is 51.4 Å². The summed E-state index contributed by atoms with van der Waals surface area (Å²) in [5, 5.41) is 8.54. The van der Waals surface area contributed by atoms with Gasteiger partial charge in [0.25, 0.3) is 0 Å². The highest BCUT2D eigenvalue weighted by atomic mass is 16.5. The summed E-state index contributed by atoms with van der Waals surface area (Å²) in [4.78, 5) is 30.1. The number of nitrogens with zero attached hydrogens (tertiary/aromatic N) is 2. The third-order valence-electron chi connectivity index (χ3n) is 5.86. The Kier molecular flexibility index (Phi) is 11.1. The fourth-order valence-corrected chi connectivity index (χ4v) is 3.76. The molecule has 2 heterocycles. The number of rotatable bonds is 12. The number of benzene rings is 2. The number of carboxylic acid groups (broad SMARTS) is 1. The van der Waals surface area contributed by atoms with Gasteiger partial charge in [-0.05, 0) is 37.8 Å². The van der Waals surface area contributed by atoms with Crippen molar-refractivity contribution in [2.75, 3.05) is 18.6 Å². The molecule has 0 fully saturated rings. The van der Waals surface area contributed by atoms with Crippen molar-refractivity contribution in [3.05, 3.63) is 72.8 Å². The van der Waals surface area contributed by atoms with Gasteiger partial charge in [0.2, 0.25) is 0 Å². The number of carboxylic acids is 1. The maximum absolute atomic E-state index is 11.0. The number of methoxy groups -OCH3 is 1. The number of nitrogens with two attached hydrogens (primary N) is 2. The zero-order chi connectivity index (χ0) is 28.0. The van der Waals surface area contributed by atoms with Gasteiger partial charge in [-0.3, -0.25) is 9.59 Å². The lowest BCUT2D eigenvalue weighted by molar-refractivity contribution is -0.141. The summed E-state index contributed by atoms with van der Waals surface area (Å²) < 4.78 is 15.4. The highest BCUT2D eigenvalue weighted by molar-refractivity contribution is 5.73. The van der Waals surface area contributed by atoms with Crippen molar-refractivity contribution in [2.24, 2.45) is 0 Å². The Labute approximate surface area is 227 Å². The van der Waals surface area contributed by atoms with Gasteiger partial charge in [-0.1, -0.05) is 36.4 Å². The van der Waals surface area contributed by atoms with E-state index in [1.165, 1.54) is 7.11 Å². The van der Waals surface area contributed by atoms with E-state index in [4.69, 9.17) is 25.4 Å². The van der Waals surface area contributed by atoms with Crippen molar-refractivity contribution < 1.29 is 28.3 Å². The molecule has 0 amide bonds. The molecule has 206 valence electrons. The van der Waals surface area contributed by atoms with Gasteiger partial charge in [0.15, 0.2) is 11.8 Å². The van der Waals surface area contributed by atoms with Gasteiger partial charge in [-0.25, -0.2) is 9.97 Å². The van der Waals surface area contributed by atoms with Gasteiger partial charge < -0.3 is 30.1 Å². The normalized spacial score (nSPS) is 10.5. The molecule has 0 aliphatic heterocycles. The number of hydrogen-bond donors (Lipinski definition) is 3. The first-order valence-electron chi connectivity index (χ1n) is 12.7. The average Bonchev–Trinajstić information content (AvgIpc) is 3.60. The standard InChI is InChI=1S/C15H18N2O3.C14H16N2O3/c1-19-15(18)9-5-4-8-14-17-13(10-20-14)11-6-2-3-7-12(11)16;15-11-6-2-1-5-10(11)12-9-19-13(16-12)7-3-4-8-14(17)18/h2-3,6-7,10H,4-5,8-9,16H2,1H3;1-2,5-6,9H,3-4,7-8,15H2,(H,17,18). The molecule has 2 aromatic carbocycles. The van der Waals surface area contributed by atoms with Crippen LogP contribution in [-0.4, -0.2) is 34.1 Å². The number of nitrogen functional groups attached to an aromatic ring is 2. The fraction of sp³-hybridized carbons (Fsp3) is 0.310. The van der Waals surface area contributed by atoms with Gasteiger partial charge in [-0.15, -0.1) is 0 Å². The van der Waals surface area contributed by atoms with E-state index in [0.29, 0.717) is 54.5 Å². The second kappa shape index (κ2) is 15.0. The molecule has 39 heavy (non-hydrogen) atoms. The van der Waals surface area contributed by atoms with Crippen LogP contribution >= 0.6 is 0 Å². The van der Waals surface area contributed by atoms with Crippen molar-refractivity contribution in [1.82, 2.24) is 9.97 Å². The zero-order valence-electron chi connectivity index (χ0n) is 22.0. The first-order chi connectivity index (χ1) is 18.9. The number of oxazole rings is 2. The molecule has 0 unspecified atom stereocenters. The van der Waals surface area contributed by atoms with E-state index in [-0.39, 0.29) is 12.4 Å². The first-order valence-corrected chi connectivity index (χ1v) is 12.7. The topological polar surface area (TPSA) is 168 Å². The number of ether oxygens (including phenoxy) is 1. The number of hydrogen-bond acceptors (Lipinski definition) is 9. The van der Waals surface area contributed by atoms with Crippen LogP contribution in [0.25, 0.3) is 22.5 Å². The largest absolute Gasteiger partial charge is 0.481 e. The Morgan fingerprint density at radius 1 is 0.769 bits per heavy atom. The number of para-hydroxylation sites is 2. The van der Waals surface area contributed by atoms with Crippen LogP contribution in [0.2, 0.25) is 0 Å². The van der Waals surface area contributed by atoms with E-state index in [1.54, 1.807) is 12.5 Å². The maximum atomic E-state index is 11.0. The van der Waals surface area contributed by atoms with Crippen molar-refractivity contribution in [3.63, 3.8) is 0 Å².